The first-order valence-corrected chi connectivity index (χ1v) is 8.29. The van der Waals surface area contributed by atoms with E-state index < -0.39 is 0 Å². The quantitative estimate of drug-likeness (QED) is 0.831. The van der Waals surface area contributed by atoms with Gasteiger partial charge in [0, 0.05) is 5.54 Å². The number of nitrogens with two attached hydrogens (primary N) is 1. The molecule has 2 rings (SSSR count). The van der Waals surface area contributed by atoms with Gasteiger partial charge in [-0.05, 0) is 61.0 Å². The predicted octanol–water partition coefficient (Wildman–Crippen LogP) is 4.89. The van der Waals surface area contributed by atoms with Crippen LogP contribution in [-0.2, 0) is 12.0 Å². The van der Waals surface area contributed by atoms with Crippen LogP contribution in [0.4, 0.5) is 0 Å². The summed E-state index contributed by atoms with van der Waals surface area (Å²) in [5, 5.41) is 0. The van der Waals surface area contributed by atoms with Crippen LogP contribution in [0.3, 0.4) is 0 Å². The third-order valence-electron chi connectivity index (χ3n) is 5.01. The summed E-state index contributed by atoms with van der Waals surface area (Å²) in [6.45, 7) is 9.24. The minimum Gasteiger partial charge on any atom is -0.321 e. The third-order valence-corrected chi connectivity index (χ3v) is 5.01. The first kappa shape index (κ1) is 15.6. The monoisotopic (exact) mass is 273 g/mol. The summed E-state index contributed by atoms with van der Waals surface area (Å²) in [7, 11) is 0. The van der Waals surface area contributed by atoms with Gasteiger partial charge in [-0.3, -0.25) is 0 Å². The lowest BCUT2D eigenvalue weighted by Crippen LogP contribution is -2.41. The summed E-state index contributed by atoms with van der Waals surface area (Å²) in [6.07, 6.45) is 5.99. The molecule has 1 fully saturated rings. The van der Waals surface area contributed by atoms with Crippen molar-refractivity contribution in [1.82, 2.24) is 0 Å². The highest BCUT2D eigenvalue weighted by Gasteiger charge is 2.34. The van der Waals surface area contributed by atoms with E-state index in [-0.39, 0.29) is 5.54 Å². The first-order chi connectivity index (χ1) is 9.40. The molecule has 0 bridgehead atoms. The maximum absolute atomic E-state index is 6.74. The normalized spacial score (nSPS) is 27.2. The van der Waals surface area contributed by atoms with E-state index in [4.69, 9.17) is 5.73 Å². The molecule has 0 aromatic heterocycles. The maximum Gasteiger partial charge on any atom is 0.0409 e. The topological polar surface area (TPSA) is 26.0 Å². The zero-order valence-corrected chi connectivity index (χ0v) is 13.7. The predicted molar refractivity (Wildman–Crippen MR) is 87.6 cm³/mol. The molecule has 1 aromatic carbocycles. The molecule has 0 atom stereocenters. The summed E-state index contributed by atoms with van der Waals surface area (Å²) in [4.78, 5) is 0. The Hall–Kier alpha value is -0.820. The zero-order valence-electron chi connectivity index (χ0n) is 13.7. The molecule has 2 N–H and O–H groups in total. The van der Waals surface area contributed by atoms with E-state index in [1.807, 2.05) is 0 Å². The Kier molecular flexibility index (Phi) is 4.90. The molecule has 1 nitrogen and oxygen atoms in total. The standard InChI is InChI=1S/C19H31N/c1-14(2)12-16-6-5-7-18(13-16)19(20)10-8-17(9-11-19)15(3)4/h5-7,13-15,17H,8-12,20H2,1-4H3. The molecule has 1 aromatic rings. The lowest BCUT2D eigenvalue weighted by atomic mass is 9.70. The smallest absolute Gasteiger partial charge is 0.0409 e. The lowest BCUT2D eigenvalue weighted by Gasteiger charge is -2.39. The molecular formula is C19H31N. The minimum absolute atomic E-state index is 0.0849. The van der Waals surface area contributed by atoms with Crippen LogP contribution in [0.5, 0.6) is 0 Å². The van der Waals surface area contributed by atoms with E-state index in [0.29, 0.717) is 5.92 Å². The summed E-state index contributed by atoms with van der Waals surface area (Å²) >= 11 is 0. The summed E-state index contributed by atoms with van der Waals surface area (Å²) < 4.78 is 0. The number of rotatable bonds is 4. The van der Waals surface area contributed by atoms with Crippen LogP contribution in [0.1, 0.15) is 64.5 Å². The molecule has 1 heteroatoms. The van der Waals surface area contributed by atoms with Crippen molar-refractivity contribution in [2.24, 2.45) is 23.5 Å². The van der Waals surface area contributed by atoms with E-state index in [2.05, 4.69) is 52.0 Å². The van der Waals surface area contributed by atoms with Gasteiger partial charge in [-0.25, -0.2) is 0 Å². The van der Waals surface area contributed by atoms with Crippen LogP contribution >= 0.6 is 0 Å². The van der Waals surface area contributed by atoms with Crippen molar-refractivity contribution in [2.45, 2.75) is 65.3 Å². The van der Waals surface area contributed by atoms with Crippen molar-refractivity contribution in [3.05, 3.63) is 35.4 Å². The molecule has 0 aliphatic heterocycles. The average molecular weight is 273 g/mol. The van der Waals surface area contributed by atoms with E-state index in [1.165, 1.54) is 24.0 Å². The molecule has 0 unspecified atom stereocenters. The van der Waals surface area contributed by atoms with Crippen molar-refractivity contribution in [2.75, 3.05) is 0 Å². The Morgan fingerprint density at radius 3 is 2.35 bits per heavy atom. The van der Waals surface area contributed by atoms with Crippen LogP contribution in [0.2, 0.25) is 0 Å². The summed E-state index contributed by atoms with van der Waals surface area (Å²) in [5.74, 6) is 2.37. The third kappa shape index (κ3) is 3.63. The van der Waals surface area contributed by atoms with Crippen LogP contribution < -0.4 is 5.73 Å². The lowest BCUT2D eigenvalue weighted by molar-refractivity contribution is 0.196. The van der Waals surface area contributed by atoms with Crippen LogP contribution in [-0.4, -0.2) is 0 Å². The van der Waals surface area contributed by atoms with Gasteiger partial charge in [0.2, 0.25) is 0 Å². The van der Waals surface area contributed by atoms with Gasteiger partial charge in [-0.2, -0.15) is 0 Å². The minimum atomic E-state index is -0.0849. The van der Waals surface area contributed by atoms with E-state index >= 15 is 0 Å². The fraction of sp³-hybridized carbons (Fsp3) is 0.684. The summed E-state index contributed by atoms with van der Waals surface area (Å²) in [6, 6.07) is 9.03. The molecule has 0 heterocycles. The van der Waals surface area contributed by atoms with Crippen molar-refractivity contribution in [1.29, 1.82) is 0 Å². The highest BCUT2D eigenvalue weighted by molar-refractivity contribution is 5.30. The molecule has 0 radical (unpaired) electrons. The highest BCUT2D eigenvalue weighted by atomic mass is 14.7. The van der Waals surface area contributed by atoms with Gasteiger partial charge in [-0.15, -0.1) is 0 Å². The van der Waals surface area contributed by atoms with Crippen LogP contribution in [0.15, 0.2) is 24.3 Å². The second-order valence-electron chi connectivity index (χ2n) is 7.54. The second-order valence-corrected chi connectivity index (χ2v) is 7.54. The number of benzene rings is 1. The Morgan fingerprint density at radius 1 is 1.15 bits per heavy atom. The van der Waals surface area contributed by atoms with Gasteiger partial charge in [0.1, 0.15) is 0 Å². The molecule has 0 spiro atoms. The maximum atomic E-state index is 6.74. The average Bonchev–Trinajstić information content (AvgIpc) is 2.39. The van der Waals surface area contributed by atoms with Gasteiger partial charge in [0.15, 0.2) is 0 Å². The van der Waals surface area contributed by atoms with E-state index in [1.54, 1.807) is 0 Å². The molecule has 0 amide bonds. The van der Waals surface area contributed by atoms with Gasteiger partial charge >= 0.3 is 0 Å². The zero-order chi connectivity index (χ0) is 14.8. The van der Waals surface area contributed by atoms with Crippen LogP contribution in [0.25, 0.3) is 0 Å². The van der Waals surface area contributed by atoms with Gasteiger partial charge in [-0.1, -0.05) is 52.0 Å². The highest BCUT2D eigenvalue weighted by Crippen LogP contribution is 2.40. The van der Waals surface area contributed by atoms with Crippen molar-refractivity contribution < 1.29 is 0 Å². The Labute approximate surface area is 125 Å². The Balaban J connectivity index is 2.11. The second kappa shape index (κ2) is 6.30. The fourth-order valence-corrected chi connectivity index (χ4v) is 3.59. The van der Waals surface area contributed by atoms with E-state index in [9.17, 15) is 0 Å². The largest absolute Gasteiger partial charge is 0.321 e. The fourth-order valence-electron chi connectivity index (χ4n) is 3.59. The molecule has 1 aliphatic carbocycles. The molecule has 20 heavy (non-hydrogen) atoms. The number of hydrogen-bond donors (Lipinski definition) is 1. The summed E-state index contributed by atoms with van der Waals surface area (Å²) in [5.41, 5.74) is 9.45. The molecule has 0 saturated heterocycles. The number of hydrogen-bond acceptors (Lipinski definition) is 1. The Morgan fingerprint density at radius 2 is 1.80 bits per heavy atom. The molecular weight excluding hydrogens is 242 g/mol. The van der Waals surface area contributed by atoms with Gasteiger partial charge in [0.25, 0.3) is 0 Å². The molecule has 112 valence electrons. The van der Waals surface area contributed by atoms with Crippen molar-refractivity contribution in [3.8, 4) is 0 Å². The van der Waals surface area contributed by atoms with Gasteiger partial charge < -0.3 is 5.73 Å². The van der Waals surface area contributed by atoms with Crippen molar-refractivity contribution >= 4 is 0 Å². The van der Waals surface area contributed by atoms with Gasteiger partial charge in [0.05, 0.1) is 0 Å². The SMILES string of the molecule is CC(C)Cc1cccc(C2(N)CCC(C(C)C)CC2)c1. The molecule has 1 aliphatic rings. The Bertz CT molecular complexity index is 425. The van der Waals surface area contributed by atoms with Crippen LogP contribution in [0, 0.1) is 17.8 Å². The van der Waals surface area contributed by atoms with Crippen molar-refractivity contribution in [3.63, 3.8) is 0 Å². The molecule has 1 saturated carbocycles. The first-order valence-electron chi connectivity index (χ1n) is 8.29. The van der Waals surface area contributed by atoms with E-state index in [0.717, 1.165) is 31.1 Å².